The zero-order valence-corrected chi connectivity index (χ0v) is 13.9. The van der Waals surface area contributed by atoms with Crippen LogP contribution in [0.15, 0.2) is 24.5 Å². The summed E-state index contributed by atoms with van der Waals surface area (Å²) in [6.45, 7) is 4.56. The summed E-state index contributed by atoms with van der Waals surface area (Å²) in [5.74, 6) is -0.305. The van der Waals surface area contributed by atoms with Gasteiger partial charge in [0.1, 0.15) is 0 Å². The molecule has 1 amide bonds. The lowest BCUT2D eigenvalue weighted by molar-refractivity contribution is -0.155. The van der Waals surface area contributed by atoms with E-state index in [1.807, 2.05) is 12.3 Å². The highest BCUT2D eigenvalue weighted by atomic mass is 19.1. The molecule has 2 saturated heterocycles. The third-order valence-corrected chi connectivity index (χ3v) is 5.49. The molecule has 1 saturated carbocycles. The first-order valence-electron chi connectivity index (χ1n) is 8.82. The maximum atomic E-state index is 14.0. The van der Waals surface area contributed by atoms with Gasteiger partial charge in [-0.3, -0.25) is 14.7 Å². The molecule has 0 bridgehead atoms. The van der Waals surface area contributed by atoms with Crippen LogP contribution in [0.2, 0.25) is 0 Å². The Bertz CT molecular complexity index is 598. The zero-order chi connectivity index (χ0) is 16.6. The predicted octanol–water partition coefficient (Wildman–Crippen LogP) is 1.78. The number of hydrogen-bond donors (Lipinski definition) is 0. The molecule has 1 aromatic heterocycles. The maximum Gasteiger partial charge on any atom is 0.260 e. The molecule has 0 unspecified atom stereocenters. The van der Waals surface area contributed by atoms with Gasteiger partial charge in [-0.1, -0.05) is 6.07 Å². The van der Waals surface area contributed by atoms with E-state index < -0.39 is 5.67 Å². The van der Waals surface area contributed by atoms with Crippen LogP contribution in [0.5, 0.6) is 0 Å². The van der Waals surface area contributed by atoms with E-state index in [2.05, 4.69) is 16.0 Å². The zero-order valence-electron chi connectivity index (χ0n) is 13.9. The second kappa shape index (κ2) is 6.08. The maximum absolute atomic E-state index is 14.0. The number of alkyl halides is 1. The van der Waals surface area contributed by atoms with Gasteiger partial charge in [-0.25, -0.2) is 4.39 Å². The fraction of sp³-hybridized carbons (Fsp3) is 0.667. The molecule has 1 spiro atoms. The molecule has 3 heterocycles. The summed E-state index contributed by atoms with van der Waals surface area (Å²) >= 11 is 0. The van der Waals surface area contributed by atoms with Crippen molar-refractivity contribution in [2.45, 2.75) is 43.5 Å². The van der Waals surface area contributed by atoms with Gasteiger partial charge in [0.2, 0.25) is 0 Å². The number of rotatable bonds is 3. The van der Waals surface area contributed by atoms with Crippen LogP contribution in [0.25, 0.3) is 0 Å². The molecule has 1 aromatic rings. The number of carbonyl (C=O) groups is 1. The summed E-state index contributed by atoms with van der Waals surface area (Å²) in [6, 6.07) is 4.05. The van der Waals surface area contributed by atoms with E-state index in [0.717, 1.165) is 32.5 Å². The molecule has 0 aromatic carbocycles. The Hall–Kier alpha value is -1.53. The average molecular weight is 333 g/mol. The van der Waals surface area contributed by atoms with E-state index >= 15 is 0 Å². The summed E-state index contributed by atoms with van der Waals surface area (Å²) in [4.78, 5) is 20.4. The Morgan fingerprint density at radius 1 is 1.25 bits per heavy atom. The number of morpholine rings is 1. The van der Waals surface area contributed by atoms with Crippen LogP contribution in [-0.2, 0) is 16.1 Å². The van der Waals surface area contributed by atoms with Crippen LogP contribution in [0, 0.1) is 0 Å². The number of piperidine rings is 1. The van der Waals surface area contributed by atoms with Gasteiger partial charge in [-0.05, 0) is 37.3 Å². The minimum absolute atomic E-state index is 0.190. The lowest BCUT2D eigenvalue weighted by atomic mass is 9.89. The standard InChI is InChI=1S/C18H24FN3O2/c19-18(3-4-18)16(23)22-8-5-17(6-9-22)14-21(10-11-24-17)13-15-2-1-7-20-12-15/h1-2,7,12H,3-6,8-11,13-14H2. The van der Waals surface area contributed by atoms with Crippen LogP contribution in [0.1, 0.15) is 31.2 Å². The molecule has 0 atom stereocenters. The number of amides is 1. The first-order chi connectivity index (χ1) is 11.6. The minimum atomic E-state index is -1.55. The summed E-state index contributed by atoms with van der Waals surface area (Å²) in [5.41, 5.74) is -0.538. The first kappa shape index (κ1) is 16.0. The molecule has 6 heteroatoms. The number of pyridine rings is 1. The van der Waals surface area contributed by atoms with Gasteiger partial charge in [0.15, 0.2) is 5.67 Å². The Labute approximate surface area is 141 Å². The molecule has 24 heavy (non-hydrogen) atoms. The highest BCUT2D eigenvalue weighted by Gasteiger charge is 2.54. The van der Waals surface area contributed by atoms with Gasteiger partial charge in [-0.2, -0.15) is 0 Å². The van der Waals surface area contributed by atoms with E-state index in [1.165, 1.54) is 5.56 Å². The van der Waals surface area contributed by atoms with Gasteiger partial charge < -0.3 is 9.64 Å². The van der Waals surface area contributed by atoms with Crippen molar-refractivity contribution in [1.82, 2.24) is 14.8 Å². The molecule has 3 fully saturated rings. The van der Waals surface area contributed by atoms with Crippen molar-refractivity contribution in [3.8, 4) is 0 Å². The van der Waals surface area contributed by atoms with Crippen LogP contribution in [0.3, 0.4) is 0 Å². The largest absolute Gasteiger partial charge is 0.372 e. The summed E-state index contributed by atoms with van der Waals surface area (Å²) < 4.78 is 20.1. The SMILES string of the molecule is O=C(N1CCC2(CC1)CN(Cc1cccnc1)CCO2)C1(F)CC1. The number of likely N-dealkylation sites (tertiary alicyclic amines) is 1. The quantitative estimate of drug-likeness (QED) is 0.846. The van der Waals surface area contributed by atoms with E-state index in [1.54, 1.807) is 11.1 Å². The Balaban J connectivity index is 1.35. The summed E-state index contributed by atoms with van der Waals surface area (Å²) in [6.07, 6.45) is 6.05. The number of aromatic nitrogens is 1. The molecule has 1 aliphatic carbocycles. The van der Waals surface area contributed by atoms with Crippen molar-refractivity contribution in [2.75, 3.05) is 32.8 Å². The van der Waals surface area contributed by atoms with E-state index in [-0.39, 0.29) is 11.5 Å². The minimum Gasteiger partial charge on any atom is -0.372 e. The van der Waals surface area contributed by atoms with Crippen molar-refractivity contribution in [2.24, 2.45) is 0 Å². The van der Waals surface area contributed by atoms with Gasteiger partial charge in [0.25, 0.3) is 5.91 Å². The van der Waals surface area contributed by atoms with Gasteiger partial charge >= 0.3 is 0 Å². The molecule has 0 N–H and O–H groups in total. The fourth-order valence-corrected chi connectivity index (χ4v) is 3.84. The van der Waals surface area contributed by atoms with Crippen molar-refractivity contribution in [3.05, 3.63) is 30.1 Å². The van der Waals surface area contributed by atoms with Gasteiger partial charge in [0.05, 0.1) is 12.2 Å². The van der Waals surface area contributed by atoms with Gasteiger partial charge in [0, 0.05) is 45.1 Å². The Kier molecular flexibility index (Phi) is 4.04. The van der Waals surface area contributed by atoms with E-state index in [0.29, 0.717) is 32.5 Å². The highest BCUT2D eigenvalue weighted by Crippen LogP contribution is 2.42. The number of hydrogen-bond acceptors (Lipinski definition) is 4. The van der Waals surface area contributed by atoms with Gasteiger partial charge in [-0.15, -0.1) is 0 Å². The average Bonchev–Trinajstić information content (AvgIpc) is 3.35. The van der Waals surface area contributed by atoms with Crippen molar-refractivity contribution < 1.29 is 13.9 Å². The van der Waals surface area contributed by atoms with Crippen LogP contribution < -0.4 is 0 Å². The fourth-order valence-electron chi connectivity index (χ4n) is 3.84. The molecule has 5 nitrogen and oxygen atoms in total. The van der Waals surface area contributed by atoms with Crippen LogP contribution in [0.4, 0.5) is 4.39 Å². The normalized spacial score (nSPS) is 25.6. The smallest absolute Gasteiger partial charge is 0.260 e. The van der Waals surface area contributed by atoms with E-state index in [4.69, 9.17) is 4.74 Å². The van der Waals surface area contributed by atoms with Crippen LogP contribution >= 0.6 is 0 Å². The monoisotopic (exact) mass is 333 g/mol. The lowest BCUT2D eigenvalue weighted by Gasteiger charge is -2.47. The molecule has 2 aliphatic heterocycles. The Morgan fingerprint density at radius 3 is 2.71 bits per heavy atom. The predicted molar refractivity (Wildman–Crippen MR) is 87.1 cm³/mol. The summed E-state index contributed by atoms with van der Waals surface area (Å²) in [7, 11) is 0. The molecule has 4 rings (SSSR count). The lowest BCUT2D eigenvalue weighted by Crippen LogP contribution is -2.58. The van der Waals surface area contributed by atoms with E-state index in [9.17, 15) is 9.18 Å². The Morgan fingerprint density at radius 2 is 2.04 bits per heavy atom. The third kappa shape index (κ3) is 3.17. The summed E-state index contributed by atoms with van der Waals surface area (Å²) in [5, 5.41) is 0. The molecule has 3 aliphatic rings. The number of ether oxygens (including phenoxy) is 1. The third-order valence-electron chi connectivity index (χ3n) is 5.49. The van der Waals surface area contributed by atoms with Crippen molar-refractivity contribution in [1.29, 1.82) is 0 Å². The number of halogens is 1. The number of nitrogens with zero attached hydrogens (tertiary/aromatic N) is 3. The van der Waals surface area contributed by atoms with Crippen molar-refractivity contribution >= 4 is 5.91 Å². The highest BCUT2D eigenvalue weighted by molar-refractivity contribution is 5.88. The second-order valence-electron chi connectivity index (χ2n) is 7.36. The molecular formula is C18H24FN3O2. The molecular weight excluding hydrogens is 309 g/mol. The molecule has 0 radical (unpaired) electrons. The second-order valence-corrected chi connectivity index (χ2v) is 7.36. The number of carbonyl (C=O) groups excluding carboxylic acids is 1. The topological polar surface area (TPSA) is 45.7 Å². The first-order valence-corrected chi connectivity index (χ1v) is 8.82. The molecule has 130 valence electrons. The van der Waals surface area contributed by atoms with Crippen molar-refractivity contribution in [3.63, 3.8) is 0 Å². The van der Waals surface area contributed by atoms with Crippen LogP contribution in [-0.4, -0.2) is 64.7 Å².